The summed E-state index contributed by atoms with van der Waals surface area (Å²) in [7, 11) is 0. The number of nitrogens with two attached hydrogens (primary N) is 1. The van der Waals surface area contributed by atoms with Crippen LogP contribution in [0.3, 0.4) is 0 Å². The number of hydrogen-bond acceptors (Lipinski definition) is 6. The summed E-state index contributed by atoms with van der Waals surface area (Å²) in [5, 5.41) is 42.3. The lowest BCUT2D eigenvalue weighted by molar-refractivity contribution is 1.30. The Bertz CT molecular complexity index is 1510. The fourth-order valence-corrected chi connectivity index (χ4v) is 3.63. The molecule has 1 heterocycles. The van der Waals surface area contributed by atoms with Crippen LogP contribution in [0.4, 0.5) is 0 Å². The van der Waals surface area contributed by atoms with Gasteiger partial charge in [0, 0.05) is 11.1 Å². The van der Waals surface area contributed by atoms with Gasteiger partial charge in [-0.25, -0.2) is 4.99 Å². The molecule has 3 aromatic carbocycles. The molecule has 0 saturated carbocycles. The molecule has 0 atom stereocenters. The standard InChI is InChI=1S/C10H11N3.C10H8N2.C9H6N2.2C2H6/c1-5-3-4-6(2)8-7(5)9(11)13-10(8)12;1-7-3-4-8(2)10(6-12)9(7)5-11;1-7-2-3-8(5-10)9(4-7)6-11;2*1-2/h3-4H,1-2H3,(H3,11,12,13);3-4H,1-2H3;2-4H,1H3;2*1-2H3. The molecule has 7 nitrogen and oxygen atoms in total. The second-order valence-electron chi connectivity index (χ2n) is 8.24. The predicted molar refractivity (Wildman–Crippen MR) is 162 cm³/mol. The number of aryl methyl sites for hydroxylation is 5. The average Bonchev–Trinajstić information content (AvgIpc) is 3.29. The maximum Gasteiger partial charge on any atom is 0.155 e. The molecule has 0 spiro atoms. The number of nitrogens with zero attached hydrogens (tertiary/aromatic N) is 5. The van der Waals surface area contributed by atoms with Crippen LogP contribution in [0.5, 0.6) is 0 Å². The Labute approximate surface area is 239 Å². The first-order valence-electron chi connectivity index (χ1n) is 12.9. The fraction of sp³-hybridized carbons (Fsp3) is 0.273. The first-order valence-corrected chi connectivity index (χ1v) is 12.9. The first kappa shape index (κ1) is 34.8. The first-order chi connectivity index (χ1) is 19.1. The summed E-state index contributed by atoms with van der Waals surface area (Å²) in [6.45, 7) is 17.5. The Hall–Kier alpha value is -5.24. The van der Waals surface area contributed by atoms with Crippen LogP contribution in [-0.4, -0.2) is 11.7 Å². The second-order valence-corrected chi connectivity index (χ2v) is 8.24. The molecule has 204 valence electrons. The van der Waals surface area contributed by atoms with E-state index in [4.69, 9.17) is 32.2 Å². The molecule has 0 amide bonds. The van der Waals surface area contributed by atoms with E-state index in [1.165, 1.54) is 0 Å². The number of nitrogens with one attached hydrogen (secondary N) is 1. The molecule has 0 bridgehead atoms. The molecular weight excluding hydrogens is 494 g/mol. The third kappa shape index (κ3) is 8.66. The fourth-order valence-electron chi connectivity index (χ4n) is 3.63. The lowest BCUT2D eigenvalue weighted by Crippen LogP contribution is -2.12. The van der Waals surface area contributed by atoms with Crippen molar-refractivity contribution in [2.45, 2.75) is 62.3 Å². The number of fused-ring (bicyclic) bond motifs is 1. The Morgan fingerprint density at radius 3 is 1.43 bits per heavy atom. The van der Waals surface area contributed by atoms with Gasteiger partial charge in [-0.3, -0.25) is 5.41 Å². The molecule has 0 unspecified atom stereocenters. The van der Waals surface area contributed by atoms with Gasteiger partial charge in [-0.05, 0) is 74.6 Å². The van der Waals surface area contributed by atoms with Gasteiger partial charge in [0.25, 0.3) is 0 Å². The van der Waals surface area contributed by atoms with E-state index >= 15 is 0 Å². The van der Waals surface area contributed by atoms with Crippen LogP contribution in [0, 0.1) is 85.4 Å². The summed E-state index contributed by atoms with van der Waals surface area (Å²) >= 11 is 0. The number of amidine groups is 2. The van der Waals surface area contributed by atoms with Gasteiger partial charge in [0.2, 0.25) is 0 Å². The van der Waals surface area contributed by atoms with Gasteiger partial charge >= 0.3 is 0 Å². The number of aliphatic imine (C=N–C) groups is 1. The Morgan fingerprint density at radius 1 is 0.600 bits per heavy atom. The van der Waals surface area contributed by atoms with Crippen LogP contribution < -0.4 is 5.73 Å². The average molecular weight is 532 g/mol. The Morgan fingerprint density at radius 2 is 1.02 bits per heavy atom. The number of nitriles is 4. The van der Waals surface area contributed by atoms with Crippen LogP contribution in [0.15, 0.2) is 47.5 Å². The van der Waals surface area contributed by atoms with Gasteiger partial charge in [0.1, 0.15) is 30.1 Å². The summed E-state index contributed by atoms with van der Waals surface area (Å²) in [6, 6.07) is 20.9. The minimum Gasteiger partial charge on any atom is -0.383 e. The molecule has 0 saturated heterocycles. The quantitative estimate of drug-likeness (QED) is 0.314. The highest BCUT2D eigenvalue weighted by atomic mass is 14.9. The van der Waals surface area contributed by atoms with E-state index in [1.807, 2.05) is 117 Å². The SMILES string of the molecule is CC.CC.Cc1ccc(C#N)c(C#N)c1.Cc1ccc(C)c(C#N)c1C#N.Cc1ccc(C)c2c1C(=N)N=C2N. The van der Waals surface area contributed by atoms with Gasteiger partial charge in [-0.1, -0.05) is 58.0 Å². The van der Waals surface area contributed by atoms with Gasteiger partial charge in [-0.2, -0.15) is 21.0 Å². The van der Waals surface area contributed by atoms with Crippen LogP contribution in [-0.2, 0) is 0 Å². The molecule has 1 aliphatic rings. The van der Waals surface area contributed by atoms with Crippen molar-refractivity contribution in [3.8, 4) is 24.3 Å². The minimum atomic E-state index is 0.286. The molecule has 0 radical (unpaired) electrons. The molecule has 0 fully saturated rings. The Kier molecular flexibility index (Phi) is 15.0. The summed E-state index contributed by atoms with van der Waals surface area (Å²) in [4.78, 5) is 3.96. The lowest BCUT2D eigenvalue weighted by atomic mass is 9.98. The summed E-state index contributed by atoms with van der Waals surface area (Å²) in [6.07, 6.45) is 0. The smallest absolute Gasteiger partial charge is 0.155 e. The monoisotopic (exact) mass is 531 g/mol. The van der Waals surface area contributed by atoms with Crippen molar-refractivity contribution in [2.24, 2.45) is 10.7 Å². The van der Waals surface area contributed by atoms with Crippen LogP contribution in [0.1, 0.15) is 88.9 Å². The molecule has 40 heavy (non-hydrogen) atoms. The summed E-state index contributed by atoms with van der Waals surface area (Å²) in [5.41, 5.74) is 14.3. The maximum atomic E-state index is 8.75. The van der Waals surface area contributed by atoms with Crippen molar-refractivity contribution >= 4 is 11.7 Å². The Balaban J connectivity index is 0.000000538. The van der Waals surface area contributed by atoms with E-state index < -0.39 is 0 Å². The number of hydrogen-bond donors (Lipinski definition) is 2. The third-order valence-electron chi connectivity index (χ3n) is 5.61. The van der Waals surface area contributed by atoms with E-state index in [9.17, 15) is 0 Å². The molecule has 7 heteroatoms. The second kappa shape index (κ2) is 17.3. The molecule has 4 rings (SSSR count). The van der Waals surface area contributed by atoms with E-state index in [2.05, 4.69) is 4.99 Å². The van der Waals surface area contributed by atoms with Crippen molar-refractivity contribution in [2.75, 3.05) is 0 Å². The zero-order valence-corrected chi connectivity index (χ0v) is 24.9. The molecular formula is C33H37N7. The lowest BCUT2D eigenvalue weighted by Gasteiger charge is -2.06. The van der Waals surface area contributed by atoms with Crippen molar-refractivity contribution in [1.29, 1.82) is 26.5 Å². The van der Waals surface area contributed by atoms with E-state index in [0.717, 1.165) is 38.9 Å². The van der Waals surface area contributed by atoms with Gasteiger partial charge < -0.3 is 5.73 Å². The van der Waals surface area contributed by atoms with Crippen LogP contribution in [0.25, 0.3) is 0 Å². The maximum absolute atomic E-state index is 8.75. The molecule has 0 aromatic heterocycles. The van der Waals surface area contributed by atoms with E-state index in [1.54, 1.807) is 12.1 Å². The van der Waals surface area contributed by atoms with E-state index in [0.29, 0.717) is 28.1 Å². The van der Waals surface area contributed by atoms with Gasteiger partial charge in [-0.15, -0.1) is 0 Å². The zero-order chi connectivity index (χ0) is 31.0. The van der Waals surface area contributed by atoms with Crippen molar-refractivity contribution < 1.29 is 0 Å². The third-order valence-corrected chi connectivity index (χ3v) is 5.61. The van der Waals surface area contributed by atoms with Gasteiger partial charge in [0.05, 0.1) is 22.3 Å². The molecule has 0 aliphatic carbocycles. The summed E-state index contributed by atoms with van der Waals surface area (Å²) in [5.74, 6) is 0.759. The number of benzene rings is 3. The van der Waals surface area contributed by atoms with E-state index in [-0.39, 0.29) is 5.84 Å². The molecule has 3 N–H and O–H groups in total. The highest BCUT2D eigenvalue weighted by molar-refractivity contribution is 6.22. The van der Waals surface area contributed by atoms with Crippen molar-refractivity contribution in [1.82, 2.24) is 0 Å². The highest BCUT2D eigenvalue weighted by Crippen LogP contribution is 2.23. The normalized spacial score (nSPS) is 9.82. The topological polar surface area (TPSA) is 157 Å². The van der Waals surface area contributed by atoms with Crippen LogP contribution in [0.2, 0.25) is 0 Å². The van der Waals surface area contributed by atoms with Crippen molar-refractivity contribution in [3.63, 3.8) is 0 Å². The largest absolute Gasteiger partial charge is 0.383 e. The molecule has 3 aromatic rings. The van der Waals surface area contributed by atoms with Crippen molar-refractivity contribution in [3.05, 3.63) is 104 Å². The summed E-state index contributed by atoms with van der Waals surface area (Å²) < 4.78 is 0. The predicted octanol–water partition coefficient (Wildman–Crippen LogP) is 7.19. The molecule has 1 aliphatic heterocycles. The van der Waals surface area contributed by atoms with Gasteiger partial charge in [0.15, 0.2) is 5.84 Å². The highest BCUT2D eigenvalue weighted by Gasteiger charge is 2.21. The van der Waals surface area contributed by atoms with Crippen LogP contribution >= 0.6 is 0 Å². The minimum absolute atomic E-state index is 0.286. The number of rotatable bonds is 0. The zero-order valence-electron chi connectivity index (χ0n) is 24.9.